The van der Waals surface area contributed by atoms with E-state index in [1.165, 1.54) is 25.1 Å². The van der Waals surface area contributed by atoms with E-state index in [1.54, 1.807) is 12.1 Å². The van der Waals surface area contributed by atoms with Gasteiger partial charge in [-0.05, 0) is 18.1 Å². The predicted molar refractivity (Wildman–Crippen MR) is 93.4 cm³/mol. The third kappa shape index (κ3) is 5.01. The Balaban J connectivity index is 1.89. The van der Waals surface area contributed by atoms with Gasteiger partial charge < -0.3 is 20.3 Å². The molecule has 0 spiro atoms. The third-order valence-corrected chi connectivity index (χ3v) is 3.90. The number of aliphatic hydroxyl groups is 2. The molecular weight excluding hydrogens is 340 g/mol. The van der Waals surface area contributed by atoms with Crippen molar-refractivity contribution in [3.05, 3.63) is 75.3 Å². The fraction of sp³-hybridized carbons (Fsp3) is 0.278. The molecule has 0 saturated carbocycles. The lowest BCUT2D eigenvalue weighted by atomic mass is 9.98. The first-order chi connectivity index (χ1) is 12.4. The Bertz CT molecular complexity index is 766. The van der Waals surface area contributed by atoms with Crippen LogP contribution in [0.1, 0.15) is 22.8 Å². The minimum absolute atomic E-state index is 0.0787. The molecule has 138 valence electrons. The number of aliphatic hydroxyl groups excluding tert-OH is 2. The monoisotopic (exact) mass is 360 g/mol. The molecule has 0 radical (unpaired) electrons. The van der Waals surface area contributed by atoms with Gasteiger partial charge in [-0.2, -0.15) is 0 Å². The Hall–Kier alpha value is -2.97. The van der Waals surface area contributed by atoms with Gasteiger partial charge in [0.15, 0.2) is 0 Å². The summed E-state index contributed by atoms with van der Waals surface area (Å²) in [7, 11) is 0. The normalized spacial score (nSPS) is 12.9. The van der Waals surface area contributed by atoms with Crippen LogP contribution in [-0.4, -0.2) is 33.9 Å². The number of nitrogens with zero attached hydrogens (tertiary/aromatic N) is 1. The summed E-state index contributed by atoms with van der Waals surface area (Å²) in [5.41, 5.74) is 1.15. The van der Waals surface area contributed by atoms with Crippen molar-refractivity contribution < 1.29 is 24.7 Å². The fourth-order valence-corrected chi connectivity index (χ4v) is 2.44. The van der Waals surface area contributed by atoms with Gasteiger partial charge in [0.25, 0.3) is 5.69 Å². The highest BCUT2D eigenvalue weighted by atomic mass is 16.6. The third-order valence-electron chi connectivity index (χ3n) is 3.90. The second kappa shape index (κ2) is 8.93. The molecule has 8 nitrogen and oxygen atoms in total. The number of nitro benzene ring substituents is 1. The van der Waals surface area contributed by atoms with Crippen LogP contribution in [0, 0.1) is 17.0 Å². The van der Waals surface area contributed by atoms with Gasteiger partial charge in [0.05, 0.1) is 4.92 Å². The highest BCUT2D eigenvalue weighted by molar-refractivity contribution is 5.67. The van der Waals surface area contributed by atoms with E-state index in [0.29, 0.717) is 0 Å². The Labute approximate surface area is 150 Å². The van der Waals surface area contributed by atoms with Crippen molar-refractivity contribution in [3.63, 3.8) is 0 Å². The maximum Gasteiger partial charge on any atom is 0.407 e. The molecule has 0 saturated heterocycles. The zero-order chi connectivity index (χ0) is 19.1. The fourth-order valence-electron chi connectivity index (χ4n) is 2.44. The molecular formula is C18H20N2O6. The van der Waals surface area contributed by atoms with Crippen LogP contribution in [0.2, 0.25) is 0 Å². The number of alkyl carbamates (subject to hydrolysis) is 1. The van der Waals surface area contributed by atoms with Gasteiger partial charge in [-0.1, -0.05) is 42.5 Å². The molecule has 8 heteroatoms. The van der Waals surface area contributed by atoms with E-state index in [2.05, 4.69) is 5.32 Å². The van der Waals surface area contributed by atoms with Gasteiger partial charge in [0.1, 0.15) is 18.8 Å². The molecule has 0 fully saturated rings. The number of rotatable bonds is 7. The number of ether oxygens (including phenoxy) is 1. The van der Waals surface area contributed by atoms with Crippen LogP contribution >= 0.6 is 0 Å². The van der Waals surface area contributed by atoms with Crippen molar-refractivity contribution in [2.24, 2.45) is 0 Å². The Morgan fingerprint density at radius 3 is 2.54 bits per heavy atom. The van der Waals surface area contributed by atoms with Crippen LogP contribution in [0.5, 0.6) is 0 Å². The van der Waals surface area contributed by atoms with Gasteiger partial charge in [0.2, 0.25) is 0 Å². The van der Waals surface area contributed by atoms with Crippen molar-refractivity contribution in [2.75, 3.05) is 6.54 Å². The van der Waals surface area contributed by atoms with Crippen molar-refractivity contribution >= 4 is 11.8 Å². The molecule has 0 heterocycles. The average Bonchev–Trinajstić information content (AvgIpc) is 2.64. The van der Waals surface area contributed by atoms with Crippen LogP contribution in [0.4, 0.5) is 10.5 Å². The first kappa shape index (κ1) is 19.4. The van der Waals surface area contributed by atoms with E-state index in [0.717, 1.165) is 5.56 Å². The minimum atomic E-state index is -1.38. The number of nitro groups is 1. The first-order valence-corrected chi connectivity index (χ1v) is 7.94. The first-order valence-electron chi connectivity index (χ1n) is 7.94. The lowest BCUT2D eigenvalue weighted by Gasteiger charge is -2.20. The van der Waals surface area contributed by atoms with Gasteiger partial charge in [-0.25, -0.2) is 4.79 Å². The maximum atomic E-state index is 11.7. The summed E-state index contributed by atoms with van der Waals surface area (Å²) in [5, 5.41) is 33.6. The number of hydrogen-bond acceptors (Lipinski definition) is 6. The summed E-state index contributed by atoms with van der Waals surface area (Å²) < 4.78 is 5.01. The average molecular weight is 360 g/mol. The molecule has 26 heavy (non-hydrogen) atoms. The molecule has 0 aliphatic heterocycles. The number of hydrogen-bond donors (Lipinski definition) is 3. The number of benzene rings is 2. The van der Waals surface area contributed by atoms with Gasteiger partial charge in [-0.3, -0.25) is 10.1 Å². The maximum absolute atomic E-state index is 11.7. The van der Waals surface area contributed by atoms with Crippen LogP contribution in [0.25, 0.3) is 0 Å². The summed E-state index contributed by atoms with van der Waals surface area (Å²) in [6.45, 7) is 1.30. The molecule has 3 N–H and O–H groups in total. The number of carbonyl (C=O) groups is 1. The summed E-state index contributed by atoms with van der Waals surface area (Å²) in [6.07, 6.45) is -3.47. The van der Waals surface area contributed by atoms with E-state index in [-0.39, 0.29) is 30.0 Å². The summed E-state index contributed by atoms with van der Waals surface area (Å²) >= 11 is 0. The zero-order valence-corrected chi connectivity index (χ0v) is 14.2. The van der Waals surface area contributed by atoms with Crippen molar-refractivity contribution in [3.8, 4) is 0 Å². The number of carbonyl (C=O) groups excluding carboxylic acids is 1. The Morgan fingerprint density at radius 2 is 1.88 bits per heavy atom. The van der Waals surface area contributed by atoms with Crippen molar-refractivity contribution in [1.29, 1.82) is 0 Å². The molecule has 2 unspecified atom stereocenters. The Kier molecular flexibility index (Phi) is 6.65. The smallest absolute Gasteiger partial charge is 0.407 e. The Morgan fingerprint density at radius 1 is 1.19 bits per heavy atom. The second-order valence-electron chi connectivity index (χ2n) is 5.70. The largest absolute Gasteiger partial charge is 0.445 e. The second-order valence-corrected chi connectivity index (χ2v) is 5.70. The quantitative estimate of drug-likeness (QED) is 0.514. The van der Waals surface area contributed by atoms with Crippen LogP contribution < -0.4 is 5.32 Å². The van der Waals surface area contributed by atoms with Gasteiger partial charge >= 0.3 is 6.09 Å². The summed E-state index contributed by atoms with van der Waals surface area (Å²) in [4.78, 5) is 22.1. The topological polar surface area (TPSA) is 122 Å². The van der Waals surface area contributed by atoms with E-state index >= 15 is 0 Å². The van der Waals surface area contributed by atoms with Crippen LogP contribution in [-0.2, 0) is 11.3 Å². The van der Waals surface area contributed by atoms with E-state index in [4.69, 9.17) is 4.74 Å². The molecule has 2 aromatic rings. The summed E-state index contributed by atoms with van der Waals surface area (Å²) in [6, 6.07) is 13.3. The van der Waals surface area contributed by atoms with E-state index in [1.807, 2.05) is 18.2 Å². The molecule has 0 bridgehead atoms. The zero-order valence-electron chi connectivity index (χ0n) is 14.2. The molecule has 2 atom stereocenters. The van der Waals surface area contributed by atoms with E-state index in [9.17, 15) is 25.1 Å². The highest BCUT2D eigenvalue weighted by Crippen LogP contribution is 2.27. The van der Waals surface area contributed by atoms with Crippen LogP contribution in [0.3, 0.4) is 0 Å². The minimum Gasteiger partial charge on any atom is -0.445 e. The predicted octanol–water partition coefficient (Wildman–Crippen LogP) is 2.22. The number of nitrogens with one attached hydrogen (secondary N) is 1. The molecule has 0 aliphatic rings. The molecule has 1 amide bonds. The standard InChI is InChI=1S/C18H20N2O6/c1-12-14(8-5-9-15(12)20(24)25)17(22)16(21)10-19-18(23)26-11-13-6-3-2-4-7-13/h2-9,16-17,21-22H,10-11H2,1H3,(H,19,23). The molecule has 0 aromatic heterocycles. The lowest BCUT2D eigenvalue weighted by molar-refractivity contribution is -0.385. The van der Waals surface area contributed by atoms with Gasteiger partial charge in [0, 0.05) is 18.2 Å². The summed E-state index contributed by atoms with van der Waals surface area (Å²) in [5.74, 6) is 0. The van der Waals surface area contributed by atoms with Gasteiger partial charge in [-0.15, -0.1) is 0 Å². The molecule has 2 rings (SSSR count). The molecule has 2 aromatic carbocycles. The van der Waals surface area contributed by atoms with Crippen LogP contribution in [0.15, 0.2) is 48.5 Å². The number of amides is 1. The van der Waals surface area contributed by atoms with Crippen molar-refractivity contribution in [2.45, 2.75) is 25.7 Å². The lowest BCUT2D eigenvalue weighted by Crippen LogP contribution is -2.36. The van der Waals surface area contributed by atoms with Crippen molar-refractivity contribution in [1.82, 2.24) is 5.32 Å². The highest BCUT2D eigenvalue weighted by Gasteiger charge is 2.24. The SMILES string of the molecule is Cc1c(C(O)C(O)CNC(=O)OCc2ccccc2)cccc1[N+](=O)[O-]. The van der Waals surface area contributed by atoms with E-state index < -0.39 is 23.2 Å². The molecule has 0 aliphatic carbocycles.